The minimum atomic E-state index is -2.57. The van der Waals surface area contributed by atoms with Crippen LogP contribution in [0.5, 0.6) is 0 Å². The Bertz CT molecular complexity index is 360. The summed E-state index contributed by atoms with van der Waals surface area (Å²) < 4.78 is 17.4. The van der Waals surface area contributed by atoms with Crippen LogP contribution in [0.1, 0.15) is 71.1 Å². The lowest BCUT2D eigenvalue weighted by atomic mass is 10.1. The summed E-state index contributed by atoms with van der Waals surface area (Å²) >= 11 is 35.4. The minimum absolute atomic E-state index is 0.107. The molecule has 0 fully saturated rings. The zero-order chi connectivity index (χ0) is 22.7. The number of hydrogen-bond donors (Lipinski definition) is 0. The van der Waals surface area contributed by atoms with Crippen LogP contribution in [0.25, 0.3) is 0 Å². The smallest absolute Gasteiger partial charge is 0.341 e. The average Bonchev–Trinajstić information content (AvgIpc) is 2.63. The first-order valence-electron chi connectivity index (χ1n) is 11.0. The van der Waals surface area contributed by atoms with Gasteiger partial charge in [0.15, 0.2) is 0 Å². The lowest BCUT2D eigenvalue weighted by molar-refractivity contribution is -0.0605. The molecule has 0 heterocycles. The van der Waals surface area contributed by atoms with Gasteiger partial charge in [0.2, 0.25) is 0 Å². The highest BCUT2D eigenvalue weighted by Gasteiger charge is 2.24. The van der Waals surface area contributed by atoms with Crippen molar-refractivity contribution in [1.82, 2.24) is 0 Å². The van der Waals surface area contributed by atoms with Crippen LogP contribution in [0.3, 0.4) is 0 Å². The molecule has 11 heteroatoms. The second kappa shape index (κ2) is 20.4. The topological polar surface area (TPSA) is 27.7 Å². The molecule has 0 radical (unpaired) electrons. The van der Waals surface area contributed by atoms with Gasteiger partial charge in [0.25, 0.3) is 0 Å². The fraction of sp³-hybridized carbons (Fsp3) is 1.00. The molecule has 0 aromatic heterocycles. The third kappa shape index (κ3) is 26.3. The lowest BCUT2D eigenvalue weighted by Crippen LogP contribution is -2.27. The Balaban J connectivity index is 3.96. The quantitative estimate of drug-likeness (QED) is 0.0726. The molecule has 0 amide bonds. The Kier molecular flexibility index (Phi) is 21.8. The maximum Gasteiger partial charge on any atom is 0.341 e. The summed E-state index contributed by atoms with van der Waals surface area (Å²) in [6, 6.07) is -3.95. The van der Waals surface area contributed by atoms with E-state index in [0.717, 1.165) is 19.3 Å². The Labute approximate surface area is 213 Å². The first kappa shape index (κ1) is 32.1. The van der Waals surface area contributed by atoms with Gasteiger partial charge >= 0.3 is 12.0 Å². The Hall–Kier alpha value is 2.05. The van der Waals surface area contributed by atoms with Gasteiger partial charge in [-0.3, -0.25) is 0 Å². The van der Waals surface area contributed by atoms with Crippen molar-refractivity contribution in [1.29, 1.82) is 0 Å². The van der Waals surface area contributed by atoms with Crippen molar-refractivity contribution < 1.29 is 14.2 Å². The van der Waals surface area contributed by atoms with E-state index in [1.54, 1.807) is 0 Å². The number of ether oxygens (including phenoxy) is 3. The molecule has 0 saturated heterocycles. The van der Waals surface area contributed by atoms with E-state index in [1.165, 1.54) is 44.9 Å². The molecular formula is C19H38Cl6O3Si2. The molecule has 0 atom stereocenters. The van der Waals surface area contributed by atoms with Crippen LogP contribution >= 0.6 is 66.5 Å². The summed E-state index contributed by atoms with van der Waals surface area (Å²) in [5.41, 5.74) is 0. The van der Waals surface area contributed by atoms with Crippen LogP contribution in [0.4, 0.5) is 0 Å². The van der Waals surface area contributed by atoms with E-state index in [9.17, 15) is 0 Å². The van der Waals surface area contributed by atoms with E-state index in [-0.39, 0.29) is 6.10 Å². The predicted molar refractivity (Wildman–Crippen MR) is 139 cm³/mol. The molecule has 0 spiro atoms. The lowest BCUT2D eigenvalue weighted by Gasteiger charge is -2.19. The summed E-state index contributed by atoms with van der Waals surface area (Å²) in [5, 5.41) is 0. The molecule has 0 unspecified atom stereocenters. The fourth-order valence-corrected chi connectivity index (χ4v) is 6.31. The van der Waals surface area contributed by atoms with Crippen molar-refractivity contribution in [2.24, 2.45) is 0 Å². The summed E-state index contributed by atoms with van der Waals surface area (Å²) in [4.78, 5) is 0. The van der Waals surface area contributed by atoms with Gasteiger partial charge in [-0.05, 0) is 31.4 Å². The second-order valence-corrected chi connectivity index (χ2v) is 26.1. The minimum Gasteiger partial charge on any atom is -0.379 e. The van der Waals surface area contributed by atoms with Gasteiger partial charge < -0.3 is 14.2 Å². The van der Waals surface area contributed by atoms with Crippen molar-refractivity contribution in [3.8, 4) is 0 Å². The Morgan fingerprint density at radius 2 is 1.00 bits per heavy atom. The van der Waals surface area contributed by atoms with Gasteiger partial charge in [-0.1, -0.05) is 51.9 Å². The van der Waals surface area contributed by atoms with Crippen LogP contribution in [0.2, 0.25) is 12.1 Å². The summed E-state index contributed by atoms with van der Waals surface area (Å²) in [5.74, 6) is 0. The van der Waals surface area contributed by atoms with E-state index >= 15 is 0 Å². The first-order chi connectivity index (χ1) is 14.1. The Morgan fingerprint density at radius 3 is 1.43 bits per heavy atom. The predicted octanol–water partition coefficient (Wildman–Crippen LogP) is 8.64. The number of rotatable bonds is 22. The molecular weight excluding hydrogens is 545 g/mol. The van der Waals surface area contributed by atoms with Crippen LogP contribution < -0.4 is 0 Å². The third-order valence-electron chi connectivity index (χ3n) is 4.46. The molecule has 0 aromatic rings. The summed E-state index contributed by atoms with van der Waals surface area (Å²) in [7, 11) is 0. The van der Waals surface area contributed by atoms with Crippen molar-refractivity contribution in [3.63, 3.8) is 0 Å². The molecule has 0 aromatic carbocycles. The van der Waals surface area contributed by atoms with Crippen LogP contribution in [-0.2, 0) is 14.2 Å². The monoisotopic (exact) mass is 580 g/mol. The van der Waals surface area contributed by atoms with Gasteiger partial charge in [-0.25, -0.2) is 0 Å². The molecule has 3 nitrogen and oxygen atoms in total. The van der Waals surface area contributed by atoms with Gasteiger partial charge in [-0.15, -0.1) is 66.5 Å². The summed E-state index contributed by atoms with van der Waals surface area (Å²) in [6.07, 6.45) is 11.5. The van der Waals surface area contributed by atoms with Gasteiger partial charge in [0.1, 0.15) is 6.10 Å². The SMILES string of the molecule is CCCCCCCCCCOC(COCCC[Si](Cl)(Cl)Cl)COCCC[Si](Cl)(Cl)Cl. The fourth-order valence-electron chi connectivity index (χ4n) is 2.81. The molecule has 0 aliphatic rings. The van der Waals surface area contributed by atoms with Gasteiger partial charge in [0.05, 0.1) is 13.2 Å². The summed E-state index contributed by atoms with van der Waals surface area (Å²) in [6.45, 7) is 5.00. The van der Waals surface area contributed by atoms with Crippen molar-refractivity contribution in [3.05, 3.63) is 0 Å². The van der Waals surface area contributed by atoms with Crippen LogP contribution in [0, 0.1) is 0 Å². The largest absolute Gasteiger partial charge is 0.379 e. The van der Waals surface area contributed by atoms with E-state index in [0.29, 0.717) is 45.1 Å². The molecule has 182 valence electrons. The molecule has 0 bridgehead atoms. The number of unbranched alkanes of at least 4 members (excludes halogenated alkanes) is 7. The average molecular weight is 583 g/mol. The highest BCUT2D eigenvalue weighted by atomic mass is 35.8. The molecule has 0 rings (SSSR count). The molecule has 30 heavy (non-hydrogen) atoms. The molecule has 0 aliphatic carbocycles. The third-order valence-corrected chi connectivity index (χ3v) is 9.70. The van der Waals surface area contributed by atoms with Gasteiger partial charge in [0, 0.05) is 19.8 Å². The van der Waals surface area contributed by atoms with Crippen molar-refractivity contribution >= 4 is 78.5 Å². The standard InChI is InChI=1S/C19H38Cl6O3Si2/c1-2-3-4-5-6-7-8-9-14-28-19(17-26-12-10-15-29(20,21)22)18-27-13-11-16-30(23,24)25/h19H,2-18H2,1H3. The zero-order valence-electron chi connectivity index (χ0n) is 18.1. The van der Waals surface area contributed by atoms with Crippen LogP contribution in [-0.4, -0.2) is 51.1 Å². The highest BCUT2D eigenvalue weighted by Crippen LogP contribution is 2.27. The maximum absolute atomic E-state index is 5.99. The van der Waals surface area contributed by atoms with E-state index in [4.69, 9.17) is 80.7 Å². The Morgan fingerprint density at radius 1 is 0.567 bits per heavy atom. The first-order valence-corrected chi connectivity index (χ1v) is 21.5. The number of halogens is 6. The number of hydrogen-bond acceptors (Lipinski definition) is 3. The van der Waals surface area contributed by atoms with Crippen molar-refractivity contribution in [2.75, 3.05) is 33.0 Å². The van der Waals surface area contributed by atoms with E-state index in [2.05, 4.69) is 6.92 Å². The highest BCUT2D eigenvalue weighted by molar-refractivity contribution is 7.65. The normalized spacial score (nSPS) is 12.8. The van der Waals surface area contributed by atoms with Gasteiger partial charge in [-0.2, -0.15) is 0 Å². The molecule has 0 N–H and O–H groups in total. The maximum atomic E-state index is 5.99. The van der Waals surface area contributed by atoms with E-state index < -0.39 is 12.0 Å². The van der Waals surface area contributed by atoms with Crippen LogP contribution in [0.15, 0.2) is 0 Å². The molecule has 0 saturated carbocycles. The second-order valence-electron chi connectivity index (χ2n) is 7.55. The molecule has 0 aliphatic heterocycles. The van der Waals surface area contributed by atoms with E-state index in [1.807, 2.05) is 0 Å². The zero-order valence-corrected chi connectivity index (χ0v) is 24.6. The van der Waals surface area contributed by atoms with Crippen molar-refractivity contribution in [2.45, 2.75) is 89.3 Å².